The van der Waals surface area contributed by atoms with E-state index in [1.165, 1.54) is 0 Å². The molecule has 2 aliphatic heterocycles. The highest BCUT2D eigenvalue weighted by molar-refractivity contribution is 6.05. The van der Waals surface area contributed by atoms with Crippen LogP contribution in [0.15, 0.2) is 66.7 Å². The van der Waals surface area contributed by atoms with E-state index in [2.05, 4.69) is 24.2 Å². The number of benzene rings is 3. The van der Waals surface area contributed by atoms with Crippen LogP contribution in [0, 0.1) is 5.92 Å². The van der Waals surface area contributed by atoms with Crippen molar-refractivity contribution in [2.45, 2.75) is 64.8 Å². The maximum absolute atomic E-state index is 14.4. The van der Waals surface area contributed by atoms with Crippen molar-refractivity contribution in [3.63, 3.8) is 0 Å². The van der Waals surface area contributed by atoms with E-state index in [1.54, 1.807) is 47.4 Å². The number of ether oxygens (including phenoxy) is 4. The second-order valence-electron chi connectivity index (χ2n) is 12.7. The SMILES string of the molecule is C[C@@H]1CCCCO[C@@H](CN(C)Cc2ccc3c(c2)OCO3)[C@@H](C)CN([C@H](C)CO)C(=O)c2cc(NC(=O)c3ccccc3)ccc2O1. The first-order chi connectivity index (χ1) is 22.7. The van der Waals surface area contributed by atoms with Crippen molar-refractivity contribution in [3.8, 4) is 17.2 Å². The fourth-order valence-electron chi connectivity index (χ4n) is 5.98. The number of aliphatic hydroxyl groups is 1. The van der Waals surface area contributed by atoms with E-state index < -0.39 is 6.04 Å². The number of carbonyl (C=O) groups is 2. The van der Waals surface area contributed by atoms with Crippen LogP contribution in [-0.4, -0.2) is 85.1 Å². The molecule has 2 aliphatic rings. The van der Waals surface area contributed by atoms with Crippen LogP contribution < -0.4 is 19.5 Å². The van der Waals surface area contributed by atoms with Gasteiger partial charge in [-0.1, -0.05) is 31.2 Å². The molecule has 5 rings (SSSR count). The van der Waals surface area contributed by atoms with Gasteiger partial charge in [0.1, 0.15) is 5.75 Å². The van der Waals surface area contributed by atoms with Gasteiger partial charge in [0, 0.05) is 43.4 Å². The lowest BCUT2D eigenvalue weighted by Gasteiger charge is -2.36. The standard InChI is InChI=1S/C37H47N3O7/c1-25-20-40(26(2)23-41)37(43)31-19-30(38-36(42)29-11-6-5-7-12-29)14-16-32(31)47-27(3)10-8-9-17-44-35(25)22-39(4)21-28-13-15-33-34(18-28)46-24-45-33/h5-7,11-16,18-19,25-27,35,41H,8-10,17,20-24H2,1-4H3,(H,38,42)/t25-,26+,27+,35-/m0/s1. The van der Waals surface area contributed by atoms with E-state index >= 15 is 0 Å². The highest BCUT2D eigenvalue weighted by Gasteiger charge is 2.30. The lowest BCUT2D eigenvalue weighted by atomic mass is 10.0. The quantitative estimate of drug-likeness (QED) is 0.326. The highest BCUT2D eigenvalue weighted by Crippen LogP contribution is 2.33. The Labute approximate surface area is 277 Å². The van der Waals surface area contributed by atoms with Crippen LogP contribution in [0.1, 0.15) is 66.3 Å². The summed E-state index contributed by atoms with van der Waals surface area (Å²) in [6.45, 7) is 8.26. The molecule has 0 unspecified atom stereocenters. The summed E-state index contributed by atoms with van der Waals surface area (Å²) in [5.74, 6) is 1.37. The molecule has 2 amide bonds. The number of amides is 2. The van der Waals surface area contributed by atoms with Gasteiger partial charge in [-0.2, -0.15) is 0 Å². The monoisotopic (exact) mass is 645 g/mol. The molecule has 2 heterocycles. The van der Waals surface area contributed by atoms with Crippen LogP contribution in [0.25, 0.3) is 0 Å². The summed E-state index contributed by atoms with van der Waals surface area (Å²) in [6.07, 6.45) is 2.29. The van der Waals surface area contributed by atoms with Crippen LogP contribution in [0.5, 0.6) is 17.2 Å². The van der Waals surface area contributed by atoms with Crippen LogP contribution in [0.3, 0.4) is 0 Å². The van der Waals surface area contributed by atoms with Gasteiger partial charge in [-0.3, -0.25) is 14.5 Å². The number of nitrogens with one attached hydrogen (secondary N) is 1. The lowest BCUT2D eigenvalue weighted by Crippen LogP contribution is -2.47. The Bertz CT molecular complexity index is 1500. The molecule has 0 aliphatic carbocycles. The zero-order valence-electron chi connectivity index (χ0n) is 27.8. The van der Waals surface area contributed by atoms with Gasteiger partial charge >= 0.3 is 0 Å². The van der Waals surface area contributed by atoms with E-state index in [1.807, 2.05) is 38.1 Å². The highest BCUT2D eigenvalue weighted by atomic mass is 16.7. The van der Waals surface area contributed by atoms with Crippen LogP contribution in [0.2, 0.25) is 0 Å². The Balaban J connectivity index is 1.38. The largest absolute Gasteiger partial charge is 0.490 e. The molecular weight excluding hydrogens is 598 g/mol. The number of hydrogen-bond donors (Lipinski definition) is 2. The van der Waals surface area contributed by atoms with Gasteiger partial charge in [-0.25, -0.2) is 0 Å². The molecule has 10 heteroatoms. The van der Waals surface area contributed by atoms with E-state index in [0.29, 0.717) is 48.8 Å². The minimum absolute atomic E-state index is 0.0562. The van der Waals surface area contributed by atoms with Crippen LogP contribution in [0.4, 0.5) is 5.69 Å². The topological polar surface area (TPSA) is 110 Å². The second-order valence-corrected chi connectivity index (χ2v) is 12.7. The zero-order chi connectivity index (χ0) is 33.3. The van der Waals surface area contributed by atoms with Gasteiger partial charge in [0.05, 0.1) is 30.4 Å². The summed E-state index contributed by atoms with van der Waals surface area (Å²) in [7, 11) is 2.06. The van der Waals surface area contributed by atoms with Crippen molar-refractivity contribution >= 4 is 17.5 Å². The van der Waals surface area contributed by atoms with E-state index in [4.69, 9.17) is 18.9 Å². The molecule has 3 aromatic rings. The Morgan fingerprint density at radius 2 is 1.79 bits per heavy atom. The molecule has 4 atom stereocenters. The summed E-state index contributed by atoms with van der Waals surface area (Å²) in [4.78, 5) is 31.2. The molecule has 0 radical (unpaired) electrons. The molecular formula is C37H47N3O7. The normalized spacial score (nSPS) is 21.0. The smallest absolute Gasteiger partial charge is 0.258 e. The Morgan fingerprint density at radius 1 is 1.02 bits per heavy atom. The molecule has 0 saturated heterocycles. The van der Waals surface area contributed by atoms with Crippen LogP contribution in [-0.2, 0) is 11.3 Å². The molecule has 2 N–H and O–H groups in total. The van der Waals surface area contributed by atoms with Crippen molar-refractivity contribution in [2.75, 3.05) is 45.5 Å². The molecule has 0 bridgehead atoms. The summed E-state index contributed by atoms with van der Waals surface area (Å²) >= 11 is 0. The van der Waals surface area contributed by atoms with Crippen molar-refractivity contribution in [1.29, 1.82) is 0 Å². The van der Waals surface area contributed by atoms with E-state index in [0.717, 1.165) is 36.3 Å². The predicted molar refractivity (Wildman–Crippen MR) is 180 cm³/mol. The van der Waals surface area contributed by atoms with E-state index in [-0.39, 0.29) is 43.3 Å². The molecule has 47 heavy (non-hydrogen) atoms. The Morgan fingerprint density at radius 3 is 2.57 bits per heavy atom. The summed E-state index contributed by atoms with van der Waals surface area (Å²) in [5, 5.41) is 13.2. The second kappa shape index (κ2) is 16.1. The Kier molecular flexibility index (Phi) is 11.7. The number of aliphatic hydroxyl groups excluding tert-OH is 1. The first kappa shape index (κ1) is 34.2. The lowest BCUT2D eigenvalue weighted by molar-refractivity contribution is -0.0177. The van der Waals surface area contributed by atoms with E-state index in [9.17, 15) is 14.7 Å². The number of nitrogens with zero attached hydrogens (tertiary/aromatic N) is 2. The van der Waals surface area contributed by atoms with Gasteiger partial charge in [-0.15, -0.1) is 0 Å². The van der Waals surface area contributed by atoms with Gasteiger partial charge < -0.3 is 34.3 Å². The molecule has 3 aromatic carbocycles. The third-order valence-electron chi connectivity index (χ3n) is 8.73. The number of fused-ring (bicyclic) bond motifs is 2. The number of carbonyl (C=O) groups excluding carboxylic acids is 2. The number of rotatable bonds is 8. The maximum Gasteiger partial charge on any atom is 0.258 e. The van der Waals surface area contributed by atoms with Crippen molar-refractivity contribution in [1.82, 2.24) is 9.80 Å². The molecule has 0 fully saturated rings. The Hall–Kier alpha value is -4.12. The number of anilines is 1. The summed E-state index contributed by atoms with van der Waals surface area (Å²) < 4.78 is 23.9. The summed E-state index contributed by atoms with van der Waals surface area (Å²) in [6, 6.07) is 19.6. The average molecular weight is 646 g/mol. The molecule has 252 valence electrons. The first-order valence-electron chi connectivity index (χ1n) is 16.5. The van der Waals surface area contributed by atoms with Crippen molar-refractivity contribution < 1.29 is 33.6 Å². The molecule has 0 saturated carbocycles. The molecule has 0 aromatic heterocycles. The number of hydrogen-bond acceptors (Lipinski definition) is 8. The minimum atomic E-state index is -0.460. The van der Waals surface area contributed by atoms with Gasteiger partial charge in [0.15, 0.2) is 11.5 Å². The molecule has 0 spiro atoms. The first-order valence-corrected chi connectivity index (χ1v) is 16.5. The third-order valence-corrected chi connectivity index (χ3v) is 8.73. The fraction of sp³-hybridized carbons (Fsp3) is 0.459. The minimum Gasteiger partial charge on any atom is -0.490 e. The summed E-state index contributed by atoms with van der Waals surface area (Å²) in [5.41, 5.74) is 2.45. The zero-order valence-corrected chi connectivity index (χ0v) is 27.8. The predicted octanol–water partition coefficient (Wildman–Crippen LogP) is 5.60. The van der Waals surface area contributed by atoms with Crippen LogP contribution >= 0.6 is 0 Å². The fourth-order valence-corrected chi connectivity index (χ4v) is 5.98. The maximum atomic E-state index is 14.4. The number of likely N-dealkylation sites (N-methyl/N-ethyl adjacent to an activating group) is 1. The van der Waals surface area contributed by atoms with Crippen molar-refractivity contribution in [2.24, 2.45) is 5.92 Å². The van der Waals surface area contributed by atoms with Crippen molar-refractivity contribution in [3.05, 3.63) is 83.4 Å². The third kappa shape index (κ3) is 9.03. The van der Waals surface area contributed by atoms with Gasteiger partial charge in [-0.05, 0) is 88.2 Å². The molecule has 10 nitrogen and oxygen atoms in total. The average Bonchev–Trinajstić information content (AvgIpc) is 3.54. The van der Waals surface area contributed by atoms with Gasteiger partial charge in [0.2, 0.25) is 6.79 Å². The van der Waals surface area contributed by atoms with Gasteiger partial charge in [0.25, 0.3) is 11.8 Å².